The molecule has 1 fully saturated rings. The predicted octanol–water partition coefficient (Wildman–Crippen LogP) is 3.85. The van der Waals surface area contributed by atoms with Crippen LogP contribution in [0.4, 0.5) is 15.8 Å². The van der Waals surface area contributed by atoms with Crippen LogP contribution in [-0.4, -0.2) is 25.0 Å². The molecular formula is C19H18ClFN2O3. The summed E-state index contributed by atoms with van der Waals surface area (Å²) in [6.45, 7) is 3.43. The Kier molecular flexibility index (Phi) is 4.87. The van der Waals surface area contributed by atoms with Crippen molar-refractivity contribution in [2.45, 2.75) is 26.3 Å². The predicted molar refractivity (Wildman–Crippen MR) is 98.4 cm³/mol. The summed E-state index contributed by atoms with van der Waals surface area (Å²) in [5, 5.41) is 3.41. The van der Waals surface area contributed by atoms with Gasteiger partial charge in [0.15, 0.2) is 0 Å². The summed E-state index contributed by atoms with van der Waals surface area (Å²) >= 11 is 6.09. The molecule has 1 heterocycles. The van der Waals surface area contributed by atoms with Gasteiger partial charge >= 0.3 is 0 Å². The van der Waals surface area contributed by atoms with E-state index in [1.54, 1.807) is 38.1 Å². The Balaban J connectivity index is 1.90. The third kappa shape index (κ3) is 3.24. The maximum atomic E-state index is 13.7. The lowest BCUT2D eigenvalue weighted by Gasteiger charge is -2.20. The number of rotatable bonds is 4. The standard InChI is InChI=1S/C19H18ClFN2O3/c1-10-4-5-12(7-14(10)21)22-15-9-18(24)23(19(15)25)16-6-11(2)13(20)8-17(16)26-3/h4-8,15,22H,9H2,1-3H3/t15-/m1/s1. The van der Waals surface area contributed by atoms with Crippen molar-refractivity contribution in [1.29, 1.82) is 0 Å². The van der Waals surface area contributed by atoms with Gasteiger partial charge in [-0.25, -0.2) is 9.29 Å². The molecule has 0 aliphatic carbocycles. The van der Waals surface area contributed by atoms with E-state index in [2.05, 4.69) is 5.32 Å². The molecule has 5 nitrogen and oxygen atoms in total. The Morgan fingerprint density at radius 1 is 1.19 bits per heavy atom. The molecule has 0 aromatic heterocycles. The number of anilines is 2. The van der Waals surface area contributed by atoms with Crippen LogP contribution >= 0.6 is 11.6 Å². The monoisotopic (exact) mass is 376 g/mol. The Labute approximate surface area is 155 Å². The number of aryl methyl sites for hydroxylation is 2. The molecule has 3 rings (SSSR count). The highest BCUT2D eigenvalue weighted by Gasteiger charge is 2.41. The van der Waals surface area contributed by atoms with Gasteiger partial charge < -0.3 is 10.1 Å². The summed E-state index contributed by atoms with van der Waals surface area (Å²) in [5.41, 5.74) is 2.02. The van der Waals surface area contributed by atoms with E-state index >= 15 is 0 Å². The van der Waals surface area contributed by atoms with Crippen LogP contribution in [0.5, 0.6) is 5.75 Å². The third-order valence-electron chi connectivity index (χ3n) is 4.36. The van der Waals surface area contributed by atoms with Gasteiger partial charge in [-0.05, 0) is 43.2 Å². The average molecular weight is 377 g/mol. The van der Waals surface area contributed by atoms with Gasteiger partial charge in [-0.3, -0.25) is 9.59 Å². The van der Waals surface area contributed by atoms with Crippen molar-refractivity contribution in [3.8, 4) is 5.75 Å². The molecule has 0 radical (unpaired) electrons. The first-order chi connectivity index (χ1) is 12.3. The molecule has 2 aromatic rings. The van der Waals surface area contributed by atoms with E-state index in [9.17, 15) is 14.0 Å². The molecule has 1 aliphatic rings. The highest BCUT2D eigenvalue weighted by Crippen LogP contribution is 2.36. The van der Waals surface area contributed by atoms with E-state index in [0.717, 1.165) is 10.5 Å². The number of carbonyl (C=O) groups is 2. The third-order valence-corrected chi connectivity index (χ3v) is 4.77. The average Bonchev–Trinajstić information content (AvgIpc) is 2.87. The number of carbonyl (C=O) groups excluding carboxylic acids is 2. The Bertz CT molecular complexity index is 901. The summed E-state index contributed by atoms with van der Waals surface area (Å²) in [7, 11) is 1.44. The molecule has 2 aromatic carbocycles. The first-order valence-corrected chi connectivity index (χ1v) is 8.43. The van der Waals surface area contributed by atoms with Crippen molar-refractivity contribution in [1.82, 2.24) is 0 Å². The van der Waals surface area contributed by atoms with E-state index in [4.69, 9.17) is 16.3 Å². The van der Waals surface area contributed by atoms with Gasteiger partial charge in [-0.1, -0.05) is 17.7 Å². The quantitative estimate of drug-likeness (QED) is 0.823. The van der Waals surface area contributed by atoms with Gasteiger partial charge in [0.1, 0.15) is 17.6 Å². The van der Waals surface area contributed by atoms with Gasteiger partial charge in [-0.15, -0.1) is 0 Å². The fourth-order valence-corrected chi connectivity index (χ4v) is 3.02. The van der Waals surface area contributed by atoms with E-state index in [1.165, 1.54) is 13.2 Å². The lowest BCUT2D eigenvalue weighted by molar-refractivity contribution is -0.121. The highest BCUT2D eigenvalue weighted by molar-refractivity contribution is 6.32. The fourth-order valence-electron chi connectivity index (χ4n) is 2.87. The number of nitrogens with zero attached hydrogens (tertiary/aromatic N) is 1. The SMILES string of the molecule is COc1cc(Cl)c(C)cc1N1C(=O)C[C@@H](Nc2ccc(C)c(F)c2)C1=O. The van der Waals surface area contributed by atoms with Crippen molar-refractivity contribution in [2.24, 2.45) is 0 Å². The fraction of sp³-hybridized carbons (Fsp3) is 0.263. The van der Waals surface area contributed by atoms with Gasteiger partial charge in [0.25, 0.3) is 5.91 Å². The molecular weight excluding hydrogens is 359 g/mol. The summed E-state index contributed by atoms with van der Waals surface area (Å²) in [6, 6.07) is 7.04. The van der Waals surface area contributed by atoms with E-state index in [1.807, 2.05) is 0 Å². The molecule has 1 atom stereocenters. The van der Waals surface area contributed by atoms with Crippen molar-refractivity contribution < 1.29 is 18.7 Å². The van der Waals surface area contributed by atoms with E-state index < -0.39 is 11.9 Å². The van der Waals surface area contributed by atoms with Crippen LogP contribution in [-0.2, 0) is 9.59 Å². The van der Waals surface area contributed by atoms with Crippen molar-refractivity contribution in [3.63, 3.8) is 0 Å². The number of amides is 2. The van der Waals surface area contributed by atoms with Crippen LogP contribution in [0.1, 0.15) is 17.5 Å². The van der Waals surface area contributed by atoms with Crippen LogP contribution in [0.25, 0.3) is 0 Å². The van der Waals surface area contributed by atoms with Gasteiger partial charge in [0, 0.05) is 16.8 Å². The minimum atomic E-state index is -0.773. The highest BCUT2D eigenvalue weighted by atomic mass is 35.5. The molecule has 0 bridgehead atoms. The van der Waals surface area contributed by atoms with Gasteiger partial charge in [0.05, 0.1) is 19.2 Å². The van der Waals surface area contributed by atoms with Crippen molar-refractivity contribution in [3.05, 3.63) is 52.3 Å². The molecule has 7 heteroatoms. The van der Waals surface area contributed by atoms with E-state index in [0.29, 0.717) is 27.7 Å². The Morgan fingerprint density at radius 2 is 1.92 bits per heavy atom. The molecule has 0 spiro atoms. The zero-order chi connectivity index (χ0) is 19.0. The van der Waals surface area contributed by atoms with Crippen LogP contribution in [0.15, 0.2) is 30.3 Å². The second-order valence-electron chi connectivity index (χ2n) is 6.21. The maximum absolute atomic E-state index is 13.7. The second-order valence-corrected chi connectivity index (χ2v) is 6.61. The number of halogens is 2. The van der Waals surface area contributed by atoms with Crippen molar-refractivity contribution in [2.75, 3.05) is 17.3 Å². The van der Waals surface area contributed by atoms with Gasteiger partial charge in [0.2, 0.25) is 5.91 Å². The first kappa shape index (κ1) is 18.2. The molecule has 136 valence electrons. The van der Waals surface area contributed by atoms with Crippen LogP contribution in [0.2, 0.25) is 5.02 Å². The number of benzene rings is 2. The van der Waals surface area contributed by atoms with Gasteiger partial charge in [-0.2, -0.15) is 0 Å². The minimum absolute atomic E-state index is 0.0286. The number of hydrogen-bond acceptors (Lipinski definition) is 4. The topological polar surface area (TPSA) is 58.6 Å². The summed E-state index contributed by atoms with van der Waals surface area (Å²) < 4.78 is 19.0. The molecule has 1 saturated heterocycles. The molecule has 1 aliphatic heterocycles. The van der Waals surface area contributed by atoms with E-state index in [-0.39, 0.29) is 18.1 Å². The van der Waals surface area contributed by atoms with Crippen LogP contribution in [0, 0.1) is 19.7 Å². The zero-order valence-electron chi connectivity index (χ0n) is 14.6. The molecule has 1 N–H and O–H groups in total. The number of methoxy groups -OCH3 is 1. The first-order valence-electron chi connectivity index (χ1n) is 8.05. The van der Waals surface area contributed by atoms with Crippen LogP contribution in [0.3, 0.4) is 0 Å². The molecule has 2 amide bonds. The smallest absolute Gasteiger partial charge is 0.256 e. The molecule has 0 saturated carbocycles. The second kappa shape index (κ2) is 6.96. The number of imide groups is 1. The normalized spacial score (nSPS) is 17.0. The molecule has 26 heavy (non-hydrogen) atoms. The Morgan fingerprint density at radius 3 is 2.58 bits per heavy atom. The molecule has 0 unspecified atom stereocenters. The number of hydrogen-bond donors (Lipinski definition) is 1. The lowest BCUT2D eigenvalue weighted by atomic mass is 10.1. The van der Waals surface area contributed by atoms with Crippen LogP contribution < -0.4 is 15.0 Å². The lowest BCUT2D eigenvalue weighted by Crippen LogP contribution is -2.35. The summed E-state index contributed by atoms with van der Waals surface area (Å²) in [4.78, 5) is 26.4. The number of nitrogens with one attached hydrogen (secondary N) is 1. The largest absolute Gasteiger partial charge is 0.495 e. The summed E-state index contributed by atoms with van der Waals surface area (Å²) in [5.74, 6) is -0.820. The minimum Gasteiger partial charge on any atom is -0.495 e. The maximum Gasteiger partial charge on any atom is 0.256 e. The Hall–Kier alpha value is -2.60. The summed E-state index contributed by atoms with van der Waals surface area (Å²) in [6.07, 6.45) is -0.0286. The van der Waals surface area contributed by atoms with Crippen molar-refractivity contribution >= 4 is 34.8 Å². The number of ether oxygens (including phenoxy) is 1. The zero-order valence-corrected chi connectivity index (χ0v) is 15.4.